The molecule has 7 heterocycles. The van der Waals surface area contributed by atoms with Gasteiger partial charge in [0.25, 0.3) is 17.7 Å². The van der Waals surface area contributed by atoms with Gasteiger partial charge in [0, 0.05) is 50.9 Å². The third-order valence-electron chi connectivity index (χ3n) is 12.1. The lowest BCUT2D eigenvalue weighted by atomic mass is 10.0. The van der Waals surface area contributed by atoms with Crippen LogP contribution in [-0.2, 0) is 25.7 Å². The summed E-state index contributed by atoms with van der Waals surface area (Å²) in [5.74, 6) is -1.29. The van der Waals surface area contributed by atoms with Gasteiger partial charge >= 0.3 is 0 Å². The van der Waals surface area contributed by atoms with Gasteiger partial charge in [0.15, 0.2) is 29.4 Å². The predicted octanol–water partition coefficient (Wildman–Crippen LogP) is 4.06. The molecule has 2 saturated heterocycles. The quantitative estimate of drug-likeness (QED) is 0.0535. The summed E-state index contributed by atoms with van der Waals surface area (Å²) >= 11 is 0. The largest absolute Gasteiger partial charge is 0.483 e. The molecule has 2 fully saturated rings. The first kappa shape index (κ1) is 45.7. The molecule has 1 atom stereocenters. The summed E-state index contributed by atoms with van der Waals surface area (Å²) in [4.78, 5) is 88.6. The second kappa shape index (κ2) is 20.2. The van der Waals surface area contributed by atoms with Crippen molar-refractivity contribution < 1.29 is 37.8 Å². The molecule has 356 valence electrons. The number of ether oxygens (including phenoxy) is 2. The van der Waals surface area contributed by atoms with Crippen LogP contribution >= 0.6 is 0 Å². The number of nitrogens with zero attached hydrogens (tertiary/aromatic N) is 9. The Morgan fingerprint density at radius 2 is 1.76 bits per heavy atom. The number of aromatic amines is 1. The Balaban J connectivity index is 0.700. The van der Waals surface area contributed by atoms with Crippen LogP contribution in [0.1, 0.15) is 91.4 Å². The monoisotopic (exact) mass is 932 g/mol. The van der Waals surface area contributed by atoms with E-state index < -0.39 is 23.8 Å². The van der Waals surface area contributed by atoms with Crippen LogP contribution in [0.15, 0.2) is 49.1 Å². The summed E-state index contributed by atoms with van der Waals surface area (Å²) in [6, 6.07) is 6.59. The van der Waals surface area contributed by atoms with E-state index >= 15 is 4.39 Å². The summed E-state index contributed by atoms with van der Waals surface area (Å²) in [7, 11) is 0. The predicted molar refractivity (Wildman–Crippen MR) is 247 cm³/mol. The van der Waals surface area contributed by atoms with Gasteiger partial charge < -0.3 is 40.6 Å². The molecule has 9 rings (SSSR count). The Morgan fingerprint density at radius 1 is 0.971 bits per heavy atom. The topological polar surface area (TPSA) is 249 Å². The number of unbranched alkanes of at least 4 members (excludes halogenated alkanes) is 5. The summed E-state index contributed by atoms with van der Waals surface area (Å²) < 4.78 is 30.2. The molecule has 21 nitrogen and oxygen atoms in total. The lowest BCUT2D eigenvalue weighted by molar-refractivity contribution is -0.133. The fourth-order valence-electron chi connectivity index (χ4n) is 8.48. The molecule has 0 radical (unpaired) electrons. The molecule has 0 spiro atoms. The van der Waals surface area contributed by atoms with Crippen LogP contribution in [-0.4, -0.2) is 132 Å². The van der Waals surface area contributed by atoms with Gasteiger partial charge in [-0.3, -0.25) is 38.1 Å². The highest BCUT2D eigenvalue weighted by Crippen LogP contribution is 2.34. The molecule has 4 amide bonds. The number of piperidine rings is 1. The molecule has 0 aliphatic carbocycles. The van der Waals surface area contributed by atoms with Crippen LogP contribution in [0.25, 0.3) is 27.9 Å². The van der Waals surface area contributed by atoms with E-state index in [0.717, 1.165) is 49.1 Å². The van der Waals surface area contributed by atoms with E-state index in [0.29, 0.717) is 84.9 Å². The molecule has 1 unspecified atom stereocenters. The lowest BCUT2D eigenvalue weighted by Gasteiger charge is -2.27. The van der Waals surface area contributed by atoms with Crippen LogP contribution in [0.4, 0.5) is 21.8 Å². The van der Waals surface area contributed by atoms with Crippen molar-refractivity contribution in [2.45, 2.75) is 77.4 Å². The number of H-pyrrole nitrogens is 1. The maximum absolute atomic E-state index is 15.2. The molecule has 2 aromatic carbocycles. The number of hydrogen-bond donors (Lipinski definition) is 5. The highest BCUT2D eigenvalue weighted by molar-refractivity contribution is 6.24. The summed E-state index contributed by atoms with van der Waals surface area (Å²) in [6.45, 7) is 7.42. The highest BCUT2D eigenvalue weighted by atomic mass is 19.1. The number of amides is 4. The zero-order valence-electron chi connectivity index (χ0n) is 37.8. The van der Waals surface area contributed by atoms with Gasteiger partial charge in [0.1, 0.15) is 29.8 Å². The highest BCUT2D eigenvalue weighted by Gasteiger charge is 2.46. The van der Waals surface area contributed by atoms with Crippen molar-refractivity contribution in [3.05, 3.63) is 71.8 Å². The third-order valence-corrected chi connectivity index (χ3v) is 12.1. The van der Waals surface area contributed by atoms with E-state index in [1.54, 1.807) is 18.6 Å². The molecule has 5 N–H and O–H groups in total. The SMILES string of the molecule is CC(C)n1cc(-n2cnc3c(NCc4nc5cc(NCCCCCCCCNC(=O)COc6cccc7c6C(=O)N(C6CC(=O)CNC6=O)C7=O)c(F)cc5[nH]4)nc(N4CCOCC4)nc32)cn1. The lowest BCUT2D eigenvalue weighted by Crippen LogP contribution is -2.55. The Bertz CT molecular complexity index is 2870. The molecule has 0 saturated carbocycles. The number of benzene rings is 2. The number of aromatic nitrogens is 8. The number of hydrogen-bond acceptors (Lipinski definition) is 15. The average Bonchev–Trinajstić information content (AvgIpc) is 4.14. The maximum atomic E-state index is 15.2. The molecule has 3 aliphatic rings. The molecule has 6 aromatic rings. The number of rotatable bonds is 20. The second-order valence-corrected chi connectivity index (χ2v) is 17.2. The van der Waals surface area contributed by atoms with Gasteiger partial charge in [-0.15, -0.1) is 0 Å². The van der Waals surface area contributed by atoms with Crippen molar-refractivity contribution >= 4 is 69.1 Å². The van der Waals surface area contributed by atoms with Crippen LogP contribution in [0.3, 0.4) is 0 Å². The first-order chi connectivity index (χ1) is 33.0. The van der Waals surface area contributed by atoms with Gasteiger partial charge in [-0.2, -0.15) is 15.1 Å². The minimum Gasteiger partial charge on any atom is -0.483 e. The number of anilines is 3. The zero-order chi connectivity index (χ0) is 47.3. The van der Waals surface area contributed by atoms with Crippen molar-refractivity contribution in [1.29, 1.82) is 0 Å². The number of imidazole rings is 2. The van der Waals surface area contributed by atoms with E-state index in [4.69, 9.17) is 24.4 Å². The van der Waals surface area contributed by atoms with Crippen LogP contribution < -0.4 is 30.9 Å². The van der Waals surface area contributed by atoms with Crippen molar-refractivity contribution in [3.63, 3.8) is 0 Å². The van der Waals surface area contributed by atoms with Crippen molar-refractivity contribution in [2.75, 3.05) is 68.1 Å². The normalized spacial score (nSPS) is 16.3. The minimum absolute atomic E-state index is 0.0358. The van der Waals surface area contributed by atoms with Crippen molar-refractivity contribution in [2.24, 2.45) is 0 Å². The minimum atomic E-state index is -1.23. The molecular formula is C46H53FN14O7. The standard InChI is InChI=1S/C46H53FN14O7/c1-27(2)60-24-28(21-53-60)59-26-52-40-41(56-46(57-42(40)59)58-14-16-67-17-15-58)50-23-37-54-33-19-31(47)32(20-34(33)55-37)48-12-7-5-3-4-6-8-13-49-38(63)25-68-36-11-9-10-30-39(36)45(66)61(44(30)65)35-18-29(62)22-51-43(35)64/h9-11,19-21,24,26-27,35,48H,3-8,12-18,22-23,25H2,1-2H3,(H,49,63)(H,51,64)(H,54,55)(H,50,56,57). The Morgan fingerprint density at radius 3 is 2.56 bits per heavy atom. The van der Waals surface area contributed by atoms with Crippen LogP contribution in [0, 0.1) is 5.82 Å². The number of ketones is 1. The number of carbonyl (C=O) groups excluding carboxylic acids is 5. The van der Waals surface area contributed by atoms with E-state index in [2.05, 4.69) is 55.1 Å². The number of fused-ring (bicyclic) bond motifs is 3. The van der Waals surface area contributed by atoms with Crippen molar-refractivity contribution in [1.82, 2.24) is 54.8 Å². The van der Waals surface area contributed by atoms with Crippen LogP contribution in [0.2, 0.25) is 0 Å². The second-order valence-electron chi connectivity index (χ2n) is 17.2. The maximum Gasteiger partial charge on any atom is 0.266 e. The molecule has 3 aliphatic heterocycles. The summed E-state index contributed by atoms with van der Waals surface area (Å²) in [6.07, 6.45) is 10.6. The van der Waals surface area contributed by atoms with E-state index in [1.807, 2.05) is 15.4 Å². The van der Waals surface area contributed by atoms with Gasteiger partial charge in [-0.05, 0) is 44.9 Å². The first-order valence-electron chi connectivity index (χ1n) is 23.0. The van der Waals surface area contributed by atoms with Crippen molar-refractivity contribution in [3.8, 4) is 11.4 Å². The van der Waals surface area contributed by atoms with E-state index in [-0.39, 0.29) is 66.5 Å². The first-order valence-corrected chi connectivity index (χ1v) is 23.0. The number of halogens is 1. The molecule has 4 aromatic heterocycles. The number of carbonyl (C=O) groups is 5. The average molecular weight is 933 g/mol. The Kier molecular flexibility index (Phi) is 13.5. The molecule has 68 heavy (non-hydrogen) atoms. The number of morpholine rings is 1. The van der Waals surface area contributed by atoms with E-state index in [1.165, 1.54) is 24.3 Å². The van der Waals surface area contributed by atoms with Gasteiger partial charge in [0.2, 0.25) is 11.9 Å². The van der Waals surface area contributed by atoms with Gasteiger partial charge in [0.05, 0.1) is 66.0 Å². The Labute approximate surface area is 389 Å². The molecule has 22 heteroatoms. The van der Waals surface area contributed by atoms with Gasteiger partial charge in [-0.25, -0.2) is 14.4 Å². The van der Waals surface area contributed by atoms with Gasteiger partial charge in [-0.1, -0.05) is 31.7 Å². The molecular weight excluding hydrogens is 880 g/mol. The smallest absolute Gasteiger partial charge is 0.266 e. The fraction of sp³-hybridized carbons (Fsp3) is 0.435. The van der Waals surface area contributed by atoms with E-state index in [9.17, 15) is 24.0 Å². The fourth-order valence-corrected chi connectivity index (χ4v) is 8.48. The number of nitrogens with one attached hydrogen (secondary N) is 5. The summed E-state index contributed by atoms with van der Waals surface area (Å²) in [5, 5.41) is 16.3. The van der Waals surface area contributed by atoms with Crippen LogP contribution in [0.5, 0.6) is 5.75 Å². The summed E-state index contributed by atoms with van der Waals surface area (Å²) in [5.41, 5.74) is 3.68. The third kappa shape index (κ3) is 9.80. The Hall–Kier alpha value is -7.49. The number of imide groups is 1. The zero-order valence-corrected chi connectivity index (χ0v) is 37.8. The molecule has 0 bridgehead atoms. The number of Topliss-reactive ketones (excluding diaryl/α,β-unsaturated/α-hetero) is 1.